The first kappa shape index (κ1) is 18.2. The van der Waals surface area contributed by atoms with Gasteiger partial charge in [-0.05, 0) is 56.2 Å². The smallest absolute Gasteiger partial charge is 0.261 e. The molecule has 28 heavy (non-hydrogen) atoms. The third-order valence-corrected chi connectivity index (χ3v) is 5.67. The van der Waals surface area contributed by atoms with Gasteiger partial charge in [0.25, 0.3) is 5.54 Å². The van der Waals surface area contributed by atoms with E-state index in [1.165, 1.54) is 6.07 Å². The van der Waals surface area contributed by atoms with E-state index in [1.54, 1.807) is 6.07 Å². The molecule has 0 radical (unpaired) electrons. The highest BCUT2D eigenvalue weighted by atomic mass is 19.1. The molecule has 1 aliphatic carbocycles. The van der Waals surface area contributed by atoms with E-state index in [4.69, 9.17) is 11.1 Å². The maximum atomic E-state index is 14.8. The van der Waals surface area contributed by atoms with Crippen LogP contribution in [-0.4, -0.2) is 12.2 Å². The number of hydrogen-bond donors (Lipinski definition) is 0. The summed E-state index contributed by atoms with van der Waals surface area (Å²) in [5, 5.41) is 4.04. The Kier molecular flexibility index (Phi) is 4.23. The van der Waals surface area contributed by atoms with Crippen LogP contribution in [0.4, 0.5) is 15.8 Å². The number of nitrogens with zero attached hydrogens (tertiary/aromatic N) is 3. The van der Waals surface area contributed by atoms with Crippen LogP contribution in [0.2, 0.25) is 0 Å². The second kappa shape index (κ2) is 6.49. The van der Waals surface area contributed by atoms with Crippen LogP contribution < -0.4 is 4.90 Å². The Morgan fingerprint density at radius 3 is 2.46 bits per heavy atom. The highest BCUT2D eigenvalue weighted by Crippen LogP contribution is 2.51. The van der Waals surface area contributed by atoms with E-state index < -0.39 is 5.54 Å². The molecule has 5 heteroatoms. The van der Waals surface area contributed by atoms with Crippen LogP contribution in [0.1, 0.15) is 35.4 Å². The van der Waals surface area contributed by atoms with Crippen LogP contribution in [0.15, 0.2) is 40.9 Å². The molecule has 0 unspecified atom stereocenters. The Morgan fingerprint density at radius 2 is 1.89 bits per heavy atom. The highest BCUT2D eigenvalue weighted by Gasteiger charge is 2.54. The van der Waals surface area contributed by atoms with Crippen molar-refractivity contribution in [1.82, 2.24) is 5.16 Å². The molecule has 4 rings (SSSR count). The van der Waals surface area contributed by atoms with E-state index in [9.17, 15) is 4.39 Å². The summed E-state index contributed by atoms with van der Waals surface area (Å²) in [4.78, 5) is 5.62. The van der Waals surface area contributed by atoms with Gasteiger partial charge in [0.2, 0.25) is 0 Å². The van der Waals surface area contributed by atoms with Crippen molar-refractivity contribution in [3.8, 4) is 11.1 Å². The van der Waals surface area contributed by atoms with Gasteiger partial charge in [-0.2, -0.15) is 0 Å². The van der Waals surface area contributed by atoms with Gasteiger partial charge in [0, 0.05) is 36.8 Å². The van der Waals surface area contributed by atoms with Crippen molar-refractivity contribution < 1.29 is 8.91 Å². The Hall–Kier alpha value is -3.13. The third-order valence-electron chi connectivity index (χ3n) is 5.67. The van der Waals surface area contributed by atoms with Crippen molar-refractivity contribution >= 4 is 11.4 Å². The predicted octanol–water partition coefficient (Wildman–Crippen LogP) is 6.08. The zero-order valence-corrected chi connectivity index (χ0v) is 16.5. The number of hydrogen-bond acceptors (Lipinski definition) is 3. The molecule has 1 aliphatic rings. The van der Waals surface area contributed by atoms with Gasteiger partial charge in [-0.25, -0.2) is 11.0 Å². The molecular weight excluding hydrogens is 353 g/mol. The van der Waals surface area contributed by atoms with Gasteiger partial charge in [-0.15, -0.1) is 0 Å². The molecule has 1 heterocycles. The third kappa shape index (κ3) is 2.86. The minimum absolute atomic E-state index is 0.308. The van der Waals surface area contributed by atoms with E-state index in [2.05, 4.69) is 28.2 Å². The van der Waals surface area contributed by atoms with E-state index in [1.807, 2.05) is 38.8 Å². The van der Waals surface area contributed by atoms with Crippen molar-refractivity contribution in [1.29, 1.82) is 0 Å². The SMILES string of the molecule is [C-]#[N+]C1(c2ccc(N(C)c3cc(-c4c(C)noc4C)ccc3C)cc2F)CC1. The summed E-state index contributed by atoms with van der Waals surface area (Å²) in [6, 6.07) is 11.4. The first-order chi connectivity index (χ1) is 13.4. The fraction of sp³-hybridized carbons (Fsp3) is 0.304. The molecule has 0 amide bonds. The lowest BCUT2D eigenvalue weighted by Gasteiger charge is -2.23. The fourth-order valence-electron chi connectivity index (χ4n) is 3.81. The van der Waals surface area contributed by atoms with Gasteiger partial charge in [0.15, 0.2) is 0 Å². The van der Waals surface area contributed by atoms with Crippen LogP contribution in [0.5, 0.6) is 0 Å². The monoisotopic (exact) mass is 375 g/mol. The summed E-state index contributed by atoms with van der Waals surface area (Å²) in [7, 11) is 1.93. The van der Waals surface area contributed by atoms with Crippen molar-refractivity contribution in [2.75, 3.05) is 11.9 Å². The lowest BCUT2D eigenvalue weighted by atomic mass is 10.0. The maximum Gasteiger partial charge on any atom is 0.261 e. The fourth-order valence-corrected chi connectivity index (χ4v) is 3.81. The largest absolute Gasteiger partial charge is 0.361 e. The molecule has 1 fully saturated rings. The molecule has 0 spiro atoms. The molecule has 4 nitrogen and oxygen atoms in total. The van der Waals surface area contributed by atoms with E-state index in [0.29, 0.717) is 5.56 Å². The number of aromatic nitrogens is 1. The van der Waals surface area contributed by atoms with E-state index in [-0.39, 0.29) is 5.82 Å². The standard InChI is InChI=1S/C23H22FN3O/c1-14-6-7-17(22-15(2)26-28-16(22)3)12-21(14)27(5)18-8-9-19(20(24)13-18)23(25-4)10-11-23/h6-9,12-13H,10-11H2,1-3,5H3. The topological polar surface area (TPSA) is 33.6 Å². The van der Waals surface area contributed by atoms with Crippen molar-refractivity contribution in [3.05, 3.63) is 76.2 Å². The molecule has 0 N–H and O–H groups in total. The lowest BCUT2D eigenvalue weighted by Crippen LogP contribution is -2.12. The normalized spacial score (nSPS) is 14.6. The molecule has 142 valence electrons. The number of rotatable bonds is 4. The Labute approximate surface area is 164 Å². The minimum atomic E-state index is -0.639. The zero-order chi connectivity index (χ0) is 20.1. The lowest BCUT2D eigenvalue weighted by molar-refractivity contribution is 0.393. The first-order valence-corrected chi connectivity index (χ1v) is 9.32. The number of anilines is 2. The Bertz CT molecular complexity index is 1090. The van der Waals surface area contributed by atoms with E-state index in [0.717, 1.165) is 52.4 Å². The highest BCUT2D eigenvalue weighted by molar-refractivity contribution is 5.76. The average molecular weight is 375 g/mol. The van der Waals surface area contributed by atoms with Crippen LogP contribution in [0, 0.1) is 33.2 Å². The molecule has 0 bridgehead atoms. The van der Waals surface area contributed by atoms with Gasteiger partial charge in [-0.1, -0.05) is 17.3 Å². The summed E-state index contributed by atoms with van der Waals surface area (Å²) in [6.45, 7) is 13.2. The van der Waals surface area contributed by atoms with Crippen LogP contribution >= 0.6 is 0 Å². The molecule has 0 aliphatic heterocycles. The zero-order valence-electron chi connectivity index (χ0n) is 16.5. The van der Waals surface area contributed by atoms with Gasteiger partial charge < -0.3 is 14.3 Å². The van der Waals surface area contributed by atoms with Crippen molar-refractivity contribution in [2.24, 2.45) is 0 Å². The molecule has 3 aromatic rings. The molecule has 2 aromatic carbocycles. The molecule has 1 saturated carbocycles. The van der Waals surface area contributed by atoms with Gasteiger partial charge in [0.1, 0.15) is 11.6 Å². The van der Waals surface area contributed by atoms with Crippen LogP contribution in [0.3, 0.4) is 0 Å². The maximum absolute atomic E-state index is 14.8. The summed E-state index contributed by atoms with van der Waals surface area (Å²) >= 11 is 0. The van der Waals surface area contributed by atoms with Crippen molar-refractivity contribution in [3.63, 3.8) is 0 Å². The second-order valence-electron chi connectivity index (χ2n) is 7.57. The molecular formula is C23H22FN3O. The minimum Gasteiger partial charge on any atom is -0.361 e. The van der Waals surface area contributed by atoms with Crippen molar-refractivity contribution in [2.45, 2.75) is 39.2 Å². The Morgan fingerprint density at radius 1 is 1.14 bits per heavy atom. The number of benzene rings is 2. The van der Waals surface area contributed by atoms with Gasteiger partial charge in [-0.3, -0.25) is 0 Å². The molecule has 1 aromatic heterocycles. The van der Waals surface area contributed by atoms with Crippen LogP contribution in [-0.2, 0) is 5.54 Å². The summed E-state index contributed by atoms with van der Waals surface area (Å²) < 4.78 is 20.1. The second-order valence-corrected chi connectivity index (χ2v) is 7.57. The van der Waals surface area contributed by atoms with Gasteiger partial charge >= 0.3 is 0 Å². The summed E-state index contributed by atoms with van der Waals surface area (Å²) in [5.74, 6) is 0.469. The number of halogens is 1. The van der Waals surface area contributed by atoms with Gasteiger partial charge in [0.05, 0.1) is 11.3 Å². The first-order valence-electron chi connectivity index (χ1n) is 9.32. The molecule has 0 atom stereocenters. The van der Waals surface area contributed by atoms with Crippen LogP contribution in [0.25, 0.3) is 16.0 Å². The number of aryl methyl sites for hydroxylation is 3. The predicted molar refractivity (Wildman–Crippen MR) is 108 cm³/mol. The molecule has 0 saturated heterocycles. The average Bonchev–Trinajstić information content (AvgIpc) is 3.41. The Balaban J connectivity index is 1.73. The van der Waals surface area contributed by atoms with E-state index >= 15 is 0 Å². The quantitative estimate of drug-likeness (QED) is 0.518. The summed E-state index contributed by atoms with van der Waals surface area (Å²) in [5.41, 5.74) is 5.55. The summed E-state index contributed by atoms with van der Waals surface area (Å²) in [6.07, 6.45) is 1.47.